The van der Waals surface area contributed by atoms with Gasteiger partial charge in [0.25, 0.3) is 5.91 Å². The number of carboxylic acid groups (broad SMARTS) is 1. The molecule has 0 aliphatic heterocycles. The molecule has 0 spiro atoms. The number of ether oxygens (including phenoxy) is 2. The van der Waals surface area contributed by atoms with Gasteiger partial charge in [-0.2, -0.15) is 0 Å². The molecule has 196 valence electrons. The van der Waals surface area contributed by atoms with Gasteiger partial charge in [-0.1, -0.05) is 12.1 Å². The van der Waals surface area contributed by atoms with Crippen LogP contribution in [0.3, 0.4) is 0 Å². The SMILES string of the molecule is CC(Oc1ccc(C(=O)Nc2cc(S(C)(=O)=O)c(O)cc2C(=O)O)cc1)c1ccc(OC(F)(F)F)cc1. The summed E-state index contributed by atoms with van der Waals surface area (Å²) in [6, 6.07) is 12.4. The van der Waals surface area contributed by atoms with Gasteiger partial charge in [-0.05, 0) is 61.0 Å². The maximum Gasteiger partial charge on any atom is 0.573 e. The van der Waals surface area contributed by atoms with Crippen LogP contribution in [0.1, 0.15) is 39.3 Å². The third-order valence-electron chi connectivity index (χ3n) is 4.99. The van der Waals surface area contributed by atoms with Gasteiger partial charge in [-0.15, -0.1) is 13.2 Å². The molecule has 13 heteroatoms. The average Bonchev–Trinajstić information content (AvgIpc) is 2.79. The normalized spacial score (nSPS) is 12.5. The Balaban J connectivity index is 1.73. The molecule has 37 heavy (non-hydrogen) atoms. The molecule has 0 radical (unpaired) electrons. The third-order valence-corrected chi connectivity index (χ3v) is 6.12. The maximum atomic E-state index is 12.7. The average molecular weight is 539 g/mol. The van der Waals surface area contributed by atoms with Gasteiger partial charge in [-0.3, -0.25) is 4.79 Å². The number of aromatic carboxylic acids is 1. The van der Waals surface area contributed by atoms with E-state index in [9.17, 15) is 41.4 Å². The van der Waals surface area contributed by atoms with Crippen molar-refractivity contribution >= 4 is 27.4 Å². The standard InChI is InChI=1S/C24H20F3NO8S/c1-13(14-3-9-17(10-4-14)36-24(25,26)27)35-16-7-5-15(6-8-16)22(30)28-19-12-21(37(2,33)34)20(29)11-18(19)23(31)32/h3-13,29H,1-2H3,(H,28,30)(H,31,32). The smallest absolute Gasteiger partial charge is 0.507 e. The number of sulfone groups is 1. The number of carboxylic acids is 1. The molecule has 9 nitrogen and oxygen atoms in total. The highest BCUT2D eigenvalue weighted by Crippen LogP contribution is 2.31. The molecule has 0 aliphatic carbocycles. The van der Waals surface area contributed by atoms with E-state index in [-0.39, 0.29) is 17.0 Å². The van der Waals surface area contributed by atoms with Crippen LogP contribution in [-0.4, -0.2) is 43.1 Å². The minimum atomic E-state index is -4.80. The van der Waals surface area contributed by atoms with Gasteiger partial charge >= 0.3 is 12.3 Å². The number of aromatic hydroxyl groups is 1. The molecule has 3 aromatic carbocycles. The highest BCUT2D eigenvalue weighted by atomic mass is 32.2. The first-order valence-corrected chi connectivity index (χ1v) is 12.3. The lowest BCUT2D eigenvalue weighted by Gasteiger charge is -2.16. The predicted octanol–water partition coefficient (Wildman–Crippen LogP) is 4.78. The minimum Gasteiger partial charge on any atom is -0.507 e. The number of benzene rings is 3. The van der Waals surface area contributed by atoms with Crippen molar-refractivity contribution < 1.29 is 50.9 Å². The minimum absolute atomic E-state index is 0.0824. The zero-order valence-corrected chi connectivity index (χ0v) is 20.1. The summed E-state index contributed by atoms with van der Waals surface area (Å²) in [6.45, 7) is 1.66. The Morgan fingerprint density at radius 3 is 2.05 bits per heavy atom. The fourth-order valence-corrected chi connectivity index (χ4v) is 4.01. The first kappa shape index (κ1) is 27.3. The fraction of sp³-hybridized carbons (Fsp3) is 0.167. The van der Waals surface area contributed by atoms with E-state index in [0.717, 1.165) is 30.5 Å². The number of phenols is 1. The lowest BCUT2D eigenvalue weighted by Crippen LogP contribution is -2.17. The van der Waals surface area contributed by atoms with Gasteiger partial charge in [0.1, 0.15) is 28.2 Å². The van der Waals surface area contributed by atoms with Crippen LogP contribution in [0.4, 0.5) is 18.9 Å². The Kier molecular flexibility index (Phi) is 7.67. The fourth-order valence-electron chi connectivity index (χ4n) is 3.24. The van der Waals surface area contributed by atoms with E-state index in [1.807, 2.05) is 0 Å². The Hall–Kier alpha value is -4.26. The monoisotopic (exact) mass is 539 g/mol. The number of halogens is 3. The molecule has 1 amide bonds. The first-order valence-electron chi connectivity index (χ1n) is 10.4. The molecule has 0 saturated carbocycles. The van der Waals surface area contributed by atoms with Crippen molar-refractivity contribution in [3.63, 3.8) is 0 Å². The number of hydrogen-bond donors (Lipinski definition) is 3. The summed E-state index contributed by atoms with van der Waals surface area (Å²) < 4.78 is 70.2. The highest BCUT2D eigenvalue weighted by molar-refractivity contribution is 7.90. The van der Waals surface area contributed by atoms with Crippen molar-refractivity contribution in [1.82, 2.24) is 0 Å². The van der Waals surface area contributed by atoms with Crippen molar-refractivity contribution in [2.45, 2.75) is 24.3 Å². The number of carbonyl (C=O) groups excluding carboxylic acids is 1. The molecule has 0 aromatic heterocycles. The highest BCUT2D eigenvalue weighted by Gasteiger charge is 2.31. The summed E-state index contributed by atoms with van der Waals surface area (Å²) in [5.41, 5.74) is -0.202. The van der Waals surface area contributed by atoms with E-state index < -0.39 is 50.4 Å². The van der Waals surface area contributed by atoms with Crippen molar-refractivity contribution in [3.8, 4) is 17.2 Å². The van der Waals surface area contributed by atoms with Crippen molar-refractivity contribution in [1.29, 1.82) is 0 Å². The van der Waals surface area contributed by atoms with E-state index >= 15 is 0 Å². The number of hydrogen-bond acceptors (Lipinski definition) is 7. The molecule has 3 aromatic rings. The second-order valence-electron chi connectivity index (χ2n) is 7.80. The van der Waals surface area contributed by atoms with Crippen LogP contribution >= 0.6 is 0 Å². The molecular formula is C24H20F3NO8S. The number of nitrogens with one attached hydrogen (secondary N) is 1. The van der Waals surface area contributed by atoms with Crippen LogP contribution in [0.25, 0.3) is 0 Å². The summed E-state index contributed by atoms with van der Waals surface area (Å²) in [5.74, 6) is -3.07. The lowest BCUT2D eigenvalue weighted by molar-refractivity contribution is -0.274. The molecular weight excluding hydrogens is 519 g/mol. The predicted molar refractivity (Wildman–Crippen MR) is 125 cm³/mol. The number of amides is 1. The second-order valence-corrected chi connectivity index (χ2v) is 9.78. The Morgan fingerprint density at radius 1 is 0.973 bits per heavy atom. The second kappa shape index (κ2) is 10.4. The molecule has 0 saturated heterocycles. The van der Waals surface area contributed by atoms with E-state index in [2.05, 4.69) is 10.1 Å². The molecule has 0 heterocycles. The molecule has 3 N–H and O–H groups in total. The van der Waals surface area contributed by atoms with Crippen molar-refractivity contribution in [3.05, 3.63) is 77.4 Å². The zero-order chi connectivity index (χ0) is 27.5. The molecule has 0 fully saturated rings. The summed E-state index contributed by atoms with van der Waals surface area (Å²) >= 11 is 0. The summed E-state index contributed by atoms with van der Waals surface area (Å²) in [6.07, 6.45) is -4.55. The molecule has 3 rings (SSSR count). The van der Waals surface area contributed by atoms with Gasteiger partial charge < -0.3 is 25.0 Å². The molecule has 1 atom stereocenters. The van der Waals surface area contributed by atoms with Gasteiger partial charge in [0, 0.05) is 11.8 Å². The summed E-state index contributed by atoms with van der Waals surface area (Å²) in [5, 5.41) is 21.6. The molecule has 0 bridgehead atoms. The van der Waals surface area contributed by atoms with Crippen molar-refractivity contribution in [2.24, 2.45) is 0 Å². The van der Waals surface area contributed by atoms with Gasteiger partial charge in [-0.25, -0.2) is 13.2 Å². The molecule has 0 aliphatic rings. The Labute approximate surface area is 209 Å². The largest absolute Gasteiger partial charge is 0.573 e. The van der Waals surface area contributed by atoms with Crippen LogP contribution in [0.15, 0.2) is 65.6 Å². The maximum absolute atomic E-state index is 12.7. The number of carbonyl (C=O) groups is 2. The van der Waals surface area contributed by atoms with Crippen LogP contribution < -0.4 is 14.8 Å². The van der Waals surface area contributed by atoms with Crippen LogP contribution in [0, 0.1) is 0 Å². The first-order chi connectivity index (χ1) is 17.1. The lowest BCUT2D eigenvalue weighted by atomic mass is 10.1. The number of phenolic OH excluding ortho intramolecular Hbond substituents is 1. The van der Waals surface area contributed by atoms with Crippen molar-refractivity contribution in [2.75, 3.05) is 11.6 Å². The van der Waals surface area contributed by atoms with E-state index in [4.69, 9.17) is 4.74 Å². The van der Waals surface area contributed by atoms with Gasteiger partial charge in [0.05, 0.1) is 11.3 Å². The topological polar surface area (TPSA) is 139 Å². The van der Waals surface area contributed by atoms with E-state index in [1.165, 1.54) is 36.4 Å². The molecule has 1 unspecified atom stereocenters. The number of alkyl halides is 3. The summed E-state index contributed by atoms with van der Waals surface area (Å²) in [4.78, 5) is 23.6. The van der Waals surface area contributed by atoms with Gasteiger partial charge in [0.15, 0.2) is 9.84 Å². The zero-order valence-electron chi connectivity index (χ0n) is 19.2. The van der Waals surface area contributed by atoms with Gasteiger partial charge in [0.2, 0.25) is 0 Å². The van der Waals surface area contributed by atoms with Crippen LogP contribution in [0.2, 0.25) is 0 Å². The number of rotatable bonds is 8. The van der Waals surface area contributed by atoms with Crippen LogP contribution in [0.5, 0.6) is 17.2 Å². The van der Waals surface area contributed by atoms with E-state index in [1.54, 1.807) is 6.92 Å². The quantitative estimate of drug-likeness (QED) is 0.348. The Bertz CT molecular complexity index is 1420. The van der Waals surface area contributed by atoms with Crippen LogP contribution in [-0.2, 0) is 9.84 Å². The number of anilines is 1. The Morgan fingerprint density at radius 2 is 1.54 bits per heavy atom. The summed E-state index contributed by atoms with van der Waals surface area (Å²) in [7, 11) is -3.92. The van der Waals surface area contributed by atoms with E-state index in [0.29, 0.717) is 11.3 Å². The third kappa shape index (κ3) is 7.13.